The Morgan fingerprint density at radius 3 is 3.21 bits per heavy atom. The maximum atomic E-state index is 11.3. The molecular formula is C6H9ClN6O. The average molecular weight is 217 g/mol. The van der Waals surface area contributed by atoms with Crippen LogP contribution >= 0.6 is 11.6 Å². The highest BCUT2D eigenvalue weighted by atomic mass is 35.5. The molecule has 1 heterocycles. The molecule has 1 aromatic heterocycles. The van der Waals surface area contributed by atoms with E-state index in [1.165, 1.54) is 6.20 Å². The van der Waals surface area contributed by atoms with Crippen LogP contribution in [0.15, 0.2) is 16.5 Å². The lowest BCUT2D eigenvalue weighted by molar-refractivity contribution is 0.0946. The van der Waals surface area contributed by atoms with Gasteiger partial charge in [-0.3, -0.25) is 4.79 Å². The van der Waals surface area contributed by atoms with E-state index in [0.717, 1.165) is 0 Å². The second-order valence-electron chi connectivity index (χ2n) is 2.27. The summed E-state index contributed by atoms with van der Waals surface area (Å²) in [6.07, 6.45) is 1.42. The smallest absolute Gasteiger partial charge is 0.287 e. The lowest BCUT2D eigenvalue weighted by Gasteiger charge is -1.97. The molecule has 0 radical (unpaired) electrons. The number of nitrogens with two attached hydrogens (primary N) is 1. The zero-order valence-electron chi connectivity index (χ0n) is 7.20. The van der Waals surface area contributed by atoms with Crippen LogP contribution in [0.5, 0.6) is 0 Å². The van der Waals surface area contributed by atoms with Crippen molar-refractivity contribution in [2.24, 2.45) is 16.2 Å². The third kappa shape index (κ3) is 2.70. The minimum absolute atomic E-state index is 0.150. The summed E-state index contributed by atoms with van der Waals surface area (Å²) >= 11 is 5.39. The molecule has 14 heavy (non-hydrogen) atoms. The minimum atomic E-state index is -0.343. The topological polar surface area (TPSA) is 109 Å². The van der Waals surface area contributed by atoms with Crippen molar-refractivity contribution in [1.29, 1.82) is 0 Å². The number of amides is 1. The minimum Gasteiger partial charge on any atom is -0.348 e. The Labute approximate surface area is 84.7 Å². The largest absolute Gasteiger partial charge is 0.348 e. The van der Waals surface area contributed by atoms with Crippen molar-refractivity contribution in [2.75, 3.05) is 12.4 Å². The fourth-order valence-electron chi connectivity index (χ4n) is 0.783. The number of nitrogens with zero attached hydrogens (tertiary/aromatic N) is 3. The van der Waals surface area contributed by atoms with Gasteiger partial charge in [-0.2, -0.15) is 0 Å². The van der Waals surface area contributed by atoms with Crippen molar-refractivity contribution in [3.63, 3.8) is 0 Å². The number of aromatic amines is 1. The maximum Gasteiger partial charge on any atom is 0.287 e. The zero-order chi connectivity index (χ0) is 10.4. The Morgan fingerprint density at radius 1 is 1.79 bits per heavy atom. The molecule has 0 fully saturated rings. The summed E-state index contributed by atoms with van der Waals surface area (Å²) in [6.45, 7) is 0.384. The molecule has 0 saturated heterocycles. The molecule has 0 aliphatic rings. The lowest BCUT2D eigenvalue weighted by atomic mass is 10.5. The van der Waals surface area contributed by atoms with E-state index in [1.807, 2.05) is 0 Å². The predicted octanol–water partition coefficient (Wildman–Crippen LogP) is 0.336. The predicted molar refractivity (Wildman–Crippen MR) is 50.3 cm³/mol. The number of imidazole rings is 1. The van der Waals surface area contributed by atoms with Gasteiger partial charge < -0.3 is 16.1 Å². The summed E-state index contributed by atoms with van der Waals surface area (Å²) in [5.74, 6) is 5.22. The maximum absolute atomic E-state index is 11.3. The van der Waals surface area contributed by atoms with Gasteiger partial charge in [0.2, 0.25) is 0 Å². The Kier molecular flexibility index (Phi) is 3.86. The average Bonchev–Trinajstić information content (AvgIpc) is 2.63. The quantitative estimate of drug-likeness (QED) is 0.292. The number of hydrogen-bond acceptors (Lipinski definition) is 4. The van der Waals surface area contributed by atoms with E-state index in [1.54, 1.807) is 0 Å². The van der Waals surface area contributed by atoms with Crippen LogP contribution in [0, 0.1) is 0 Å². The molecular weight excluding hydrogens is 208 g/mol. The van der Waals surface area contributed by atoms with Crippen molar-refractivity contribution >= 4 is 23.3 Å². The van der Waals surface area contributed by atoms with Crippen LogP contribution in [0.3, 0.4) is 0 Å². The number of alkyl halides is 1. The summed E-state index contributed by atoms with van der Waals surface area (Å²) in [7, 11) is 0. The van der Waals surface area contributed by atoms with Gasteiger partial charge in [-0.25, -0.2) is 4.98 Å². The van der Waals surface area contributed by atoms with E-state index < -0.39 is 0 Å². The molecule has 7 nitrogen and oxygen atoms in total. The molecule has 0 saturated carbocycles. The Bertz CT molecular complexity index is 335. The number of H-pyrrole nitrogens is 1. The van der Waals surface area contributed by atoms with Crippen molar-refractivity contribution in [3.8, 4) is 0 Å². The van der Waals surface area contributed by atoms with Gasteiger partial charge in [0.25, 0.3) is 5.91 Å². The molecule has 1 amide bonds. The zero-order valence-corrected chi connectivity index (χ0v) is 7.95. The Hall–Kier alpha value is -1.63. The number of hydrogen-bond donors (Lipinski definition) is 3. The van der Waals surface area contributed by atoms with Gasteiger partial charge in [0, 0.05) is 18.6 Å². The first-order chi connectivity index (χ1) is 6.77. The highest BCUT2D eigenvalue weighted by Gasteiger charge is 2.08. The first kappa shape index (κ1) is 10.5. The van der Waals surface area contributed by atoms with Gasteiger partial charge in [-0.1, -0.05) is 5.22 Å². The van der Waals surface area contributed by atoms with Crippen LogP contribution in [0.1, 0.15) is 10.6 Å². The Balaban J connectivity index is 2.62. The van der Waals surface area contributed by atoms with Crippen LogP contribution in [0.25, 0.3) is 0 Å². The van der Waals surface area contributed by atoms with Crippen molar-refractivity contribution in [3.05, 3.63) is 12.0 Å². The fourth-order valence-corrected chi connectivity index (χ4v) is 0.878. The second kappa shape index (κ2) is 5.18. The number of halogens is 1. The van der Waals surface area contributed by atoms with Crippen LogP contribution in [0.4, 0.5) is 5.82 Å². The molecule has 0 bridgehead atoms. The van der Waals surface area contributed by atoms with Crippen molar-refractivity contribution < 1.29 is 4.79 Å². The third-order valence-electron chi connectivity index (χ3n) is 1.32. The van der Waals surface area contributed by atoms with Gasteiger partial charge in [0.15, 0.2) is 11.6 Å². The number of carbonyl (C=O) groups is 1. The van der Waals surface area contributed by atoms with Gasteiger partial charge in [-0.05, 0) is 0 Å². The molecule has 0 aliphatic heterocycles. The number of aromatic nitrogens is 2. The van der Waals surface area contributed by atoms with Gasteiger partial charge >= 0.3 is 0 Å². The van der Waals surface area contributed by atoms with Crippen LogP contribution < -0.4 is 11.2 Å². The van der Waals surface area contributed by atoms with Crippen molar-refractivity contribution in [2.45, 2.75) is 0 Å². The molecule has 0 aliphatic carbocycles. The van der Waals surface area contributed by atoms with Gasteiger partial charge in [-0.15, -0.1) is 16.7 Å². The fraction of sp³-hybridized carbons (Fsp3) is 0.333. The molecule has 4 N–H and O–H groups in total. The van der Waals surface area contributed by atoms with Gasteiger partial charge in [0.05, 0.1) is 0 Å². The van der Waals surface area contributed by atoms with E-state index in [4.69, 9.17) is 17.4 Å². The molecule has 8 heteroatoms. The summed E-state index contributed by atoms with van der Waals surface area (Å²) in [4.78, 5) is 17.7. The number of nitrogens with one attached hydrogen (secondary N) is 2. The molecule has 76 valence electrons. The Morgan fingerprint density at radius 2 is 2.57 bits per heavy atom. The van der Waals surface area contributed by atoms with Crippen LogP contribution in [-0.2, 0) is 0 Å². The summed E-state index contributed by atoms with van der Waals surface area (Å²) < 4.78 is 0. The lowest BCUT2D eigenvalue weighted by Crippen LogP contribution is -2.26. The monoisotopic (exact) mass is 216 g/mol. The van der Waals surface area contributed by atoms with E-state index >= 15 is 0 Å². The third-order valence-corrected chi connectivity index (χ3v) is 1.51. The van der Waals surface area contributed by atoms with E-state index in [9.17, 15) is 4.79 Å². The molecule has 0 atom stereocenters. The number of rotatable bonds is 4. The first-order valence-corrected chi connectivity index (χ1v) is 4.32. The molecule has 0 spiro atoms. The number of carbonyl (C=O) groups excluding carboxylic acids is 1. The standard InChI is InChI=1S/C6H9ClN6O/c7-1-2-9-6(14)5-10-3-4(11-5)12-13-8/h3H,1-2H2,(H2,8,12)(H,9,14)(H,10,11). The molecule has 0 aromatic carbocycles. The normalized spacial score (nSPS) is 10.6. The van der Waals surface area contributed by atoms with E-state index in [-0.39, 0.29) is 17.5 Å². The molecule has 1 rings (SSSR count). The summed E-state index contributed by atoms with van der Waals surface area (Å²) in [5, 5.41) is 9.01. The molecule has 1 aromatic rings. The van der Waals surface area contributed by atoms with E-state index in [2.05, 4.69) is 25.6 Å². The van der Waals surface area contributed by atoms with Crippen LogP contribution in [0.2, 0.25) is 0 Å². The van der Waals surface area contributed by atoms with E-state index in [0.29, 0.717) is 12.4 Å². The second-order valence-corrected chi connectivity index (χ2v) is 2.65. The van der Waals surface area contributed by atoms with Crippen LogP contribution in [-0.4, -0.2) is 28.3 Å². The van der Waals surface area contributed by atoms with Gasteiger partial charge in [0.1, 0.15) is 0 Å². The summed E-state index contributed by atoms with van der Waals surface area (Å²) in [6, 6.07) is 0. The highest BCUT2D eigenvalue weighted by molar-refractivity contribution is 6.18. The van der Waals surface area contributed by atoms with Crippen molar-refractivity contribution in [1.82, 2.24) is 15.3 Å². The first-order valence-electron chi connectivity index (χ1n) is 3.78. The molecule has 0 unspecified atom stereocenters. The highest BCUT2D eigenvalue weighted by Crippen LogP contribution is 2.06. The SMILES string of the molecule is NN=Nc1c[nH]c(C(=O)NCCCl)n1. The summed E-state index contributed by atoms with van der Waals surface area (Å²) in [5.41, 5.74) is 0.